The topological polar surface area (TPSA) is 64.6 Å². The fraction of sp³-hybridized carbons (Fsp3) is 0.588. The third-order valence-corrected chi connectivity index (χ3v) is 4.03. The van der Waals surface area contributed by atoms with Crippen molar-refractivity contribution in [1.82, 2.24) is 15.5 Å². The lowest BCUT2D eigenvalue weighted by Crippen LogP contribution is -2.47. The summed E-state index contributed by atoms with van der Waals surface area (Å²) in [5.74, 6) is 0. The summed E-state index contributed by atoms with van der Waals surface area (Å²) in [6, 6.07) is 8.77. The van der Waals surface area contributed by atoms with Crippen molar-refractivity contribution >= 4 is 6.03 Å². The number of rotatable bonds is 6. The van der Waals surface area contributed by atoms with Gasteiger partial charge >= 0.3 is 6.03 Å². The molecule has 0 bridgehead atoms. The van der Waals surface area contributed by atoms with Gasteiger partial charge in [-0.15, -0.1) is 0 Å². The minimum Gasteiger partial charge on any atom is -0.396 e. The number of amides is 2. The Morgan fingerprint density at radius 2 is 2.14 bits per heavy atom. The maximum atomic E-state index is 11.7. The van der Waals surface area contributed by atoms with Crippen LogP contribution in [0.2, 0.25) is 0 Å². The number of aliphatic hydroxyl groups excluding tert-OH is 1. The molecule has 0 aliphatic carbocycles. The first-order chi connectivity index (χ1) is 10.7. The molecule has 2 amide bonds. The maximum Gasteiger partial charge on any atom is 0.315 e. The third kappa shape index (κ3) is 5.66. The van der Waals surface area contributed by atoms with Crippen LogP contribution in [0, 0.1) is 6.92 Å². The first kappa shape index (κ1) is 16.8. The number of carbonyl (C=O) groups is 1. The number of urea groups is 1. The van der Waals surface area contributed by atoms with Crippen LogP contribution in [-0.2, 0) is 6.54 Å². The second-order valence-corrected chi connectivity index (χ2v) is 6.02. The zero-order valence-electron chi connectivity index (χ0n) is 13.3. The van der Waals surface area contributed by atoms with E-state index in [1.807, 2.05) is 0 Å². The molecule has 122 valence electrons. The number of aliphatic hydroxyl groups is 1. The molecule has 2 rings (SSSR count). The van der Waals surface area contributed by atoms with Crippen molar-refractivity contribution in [2.75, 3.05) is 26.2 Å². The molecule has 0 unspecified atom stereocenters. The number of likely N-dealkylation sites (tertiary alicyclic amines) is 1. The summed E-state index contributed by atoms with van der Waals surface area (Å²) >= 11 is 0. The number of hydrogen-bond donors (Lipinski definition) is 3. The molecule has 1 fully saturated rings. The molecule has 5 heteroatoms. The molecule has 1 saturated heterocycles. The largest absolute Gasteiger partial charge is 0.396 e. The molecule has 0 atom stereocenters. The highest BCUT2D eigenvalue weighted by atomic mass is 16.3. The van der Waals surface area contributed by atoms with Gasteiger partial charge in [-0.05, 0) is 31.7 Å². The van der Waals surface area contributed by atoms with Crippen molar-refractivity contribution in [1.29, 1.82) is 0 Å². The molecule has 1 aliphatic heterocycles. The summed E-state index contributed by atoms with van der Waals surface area (Å²) in [6.07, 6.45) is 2.57. The molecular formula is C17H27N3O2. The second kappa shape index (κ2) is 8.76. The minimum atomic E-state index is -0.120. The van der Waals surface area contributed by atoms with E-state index >= 15 is 0 Å². The van der Waals surface area contributed by atoms with Crippen molar-refractivity contribution < 1.29 is 9.90 Å². The lowest BCUT2D eigenvalue weighted by atomic mass is 10.0. The van der Waals surface area contributed by atoms with Gasteiger partial charge in [0.25, 0.3) is 0 Å². The zero-order chi connectivity index (χ0) is 15.8. The van der Waals surface area contributed by atoms with Crippen molar-refractivity contribution in [3.05, 3.63) is 35.4 Å². The van der Waals surface area contributed by atoms with Gasteiger partial charge in [0, 0.05) is 38.8 Å². The smallest absolute Gasteiger partial charge is 0.315 e. The zero-order valence-corrected chi connectivity index (χ0v) is 13.3. The number of piperidine rings is 1. The van der Waals surface area contributed by atoms with Crippen LogP contribution in [0.4, 0.5) is 4.79 Å². The van der Waals surface area contributed by atoms with Crippen LogP contribution in [0.1, 0.15) is 30.4 Å². The van der Waals surface area contributed by atoms with Gasteiger partial charge in [0.15, 0.2) is 0 Å². The van der Waals surface area contributed by atoms with Crippen LogP contribution >= 0.6 is 0 Å². The van der Waals surface area contributed by atoms with Crippen molar-refractivity contribution in [3.63, 3.8) is 0 Å². The monoisotopic (exact) mass is 305 g/mol. The van der Waals surface area contributed by atoms with Gasteiger partial charge in [0.05, 0.1) is 0 Å². The molecule has 0 spiro atoms. The van der Waals surface area contributed by atoms with E-state index in [-0.39, 0.29) is 18.7 Å². The van der Waals surface area contributed by atoms with Gasteiger partial charge in [-0.3, -0.25) is 4.90 Å². The van der Waals surface area contributed by atoms with Gasteiger partial charge in [-0.25, -0.2) is 4.79 Å². The van der Waals surface area contributed by atoms with Gasteiger partial charge in [0.2, 0.25) is 0 Å². The van der Waals surface area contributed by atoms with Crippen LogP contribution in [0.3, 0.4) is 0 Å². The Balaban J connectivity index is 1.68. The molecule has 1 aliphatic rings. The quantitative estimate of drug-likeness (QED) is 0.700. The van der Waals surface area contributed by atoms with Gasteiger partial charge in [-0.2, -0.15) is 0 Å². The molecule has 5 nitrogen and oxygen atoms in total. The van der Waals surface area contributed by atoms with E-state index in [2.05, 4.69) is 46.7 Å². The standard InChI is InChI=1S/C17H27N3O2/c1-14-4-2-5-15(12-14)13-20-9-6-16(7-10-20)19-17(22)18-8-3-11-21/h2,4-5,12,16,21H,3,6-11,13H2,1H3,(H2,18,19,22). The van der Waals surface area contributed by atoms with Crippen LogP contribution in [-0.4, -0.2) is 48.3 Å². The van der Waals surface area contributed by atoms with E-state index in [1.54, 1.807) is 0 Å². The minimum absolute atomic E-state index is 0.109. The summed E-state index contributed by atoms with van der Waals surface area (Å²) in [4.78, 5) is 14.1. The first-order valence-corrected chi connectivity index (χ1v) is 8.10. The van der Waals surface area contributed by atoms with Gasteiger partial charge in [-0.1, -0.05) is 29.8 Å². The fourth-order valence-corrected chi connectivity index (χ4v) is 2.82. The van der Waals surface area contributed by atoms with Crippen LogP contribution in [0.5, 0.6) is 0 Å². The molecular weight excluding hydrogens is 278 g/mol. The van der Waals surface area contributed by atoms with E-state index in [9.17, 15) is 4.79 Å². The van der Waals surface area contributed by atoms with E-state index in [0.29, 0.717) is 13.0 Å². The van der Waals surface area contributed by atoms with E-state index in [4.69, 9.17) is 5.11 Å². The highest BCUT2D eigenvalue weighted by Crippen LogP contribution is 2.14. The number of carbonyl (C=O) groups excluding carboxylic acids is 1. The Morgan fingerprint density at radius 1 is 1.36 bits per heavy atom. The summed E-state index contributed by atoms with van der Waals surface area (Å²) in [5.41, 5.74) is 2.65. The van der Waals surface area contributed by atoms with Crippen molar-refractivity contribution in [2.24, 2.45) is 0 Å². The van der Waals surface area contributed by atoms with Crippen LogP contribution in [0.15, 0.2) is 24.3 Å². The predicted octanol–water partition coefficient (Wildman–Crippen LogP) is 1.64. The molecule has 0 radical (unpaired) electrons. The Kier molecular flexibility index (Phi) is 6.68. The highest BCUT2D eigenvalue weighted by Gasteiger charge is 2.20. The number of benzene rings is 1. The Labute approximate surface area is 132 Å². The SMILES string of the molecule is Cc1cccc(CN2CCC(NC(=O)NCCCO)CC2)c1. The third-order valence-electron chi connectivity index (χ3n) is 4.03. The maximum absolute atomic E-state index is 11.7. The molecule has 3 N–H and O–H groups in total. The van der Waals surface area contributed by atoms with Crippen molar-refractivity contribution in [2.45, 2.75) is 38.8 Å². The number of nitrogens with zero attached hydrogens (tertiary/aromatic N) is 1. The first-order valence-electron chi connectivity index (χ1n) is 8.10. The average Bonchev–Trinajstić information content (AvgIpc) is 2.50. The predicted molar refractivity (Wildman–Crippen MR) is 87.7 cm³/mol. The number of hydrogen-bond acceptors (Lipinski definition) is 3. The average molecular weight is 305 g/mol. The number of nitrogens with one attached hydrogen (secondary N) is 2. The Hall–Kier alpha value is -1.59. The molecule has 22 heavy (non-hydrogen) atoms. The summed E-state index contributed by atoms with van der Waals surface area (Å²) < 4.78 is 0. The molecule has 0 saturated carbocycles. The molecule has 1 aromatic rings. The Bertz CT molecular complexity index is 471. The lowest BCUT2D eigenvalue weighted by Gasteiger charge is -2.32. The highest BCUT2D eigenvalue weighted by molar-refractivity contribution is 5.74. The summed E-state index contributed by atoms with van der Waals surface area (Å²) in [7, 11) is 0. The van der Waals surface area contributed by atoms with E-state index < -0.39 is 0 Å². The van der Waals surface area contributed by atoms with Crippen LogP contribution in [0.25, 0.3) is 0 Å². The lowest BCUT2D eigenvalue weighted by molar-refractivity contribution is 0.186. The summed E-state index contributed by atoms with van der Waals surface area (Å²) in [6.45, 7) is 5.75. The van der Waals surface area contributed by atoms with Gasteiger partial charge in [0.1, 0.15) is 0 Å². The number of aryl methyl sites for hydroxylation is 1. The molecule has 1 aromatic carbocycles. The van der Waals surface area contributed by atoms with Crippen molar-refractivity contribution in [3.8, 4) is 0 Å². The van der Waals surface area contributed by atoms with Crippen LogP contribution < -0.4 is 10.6 Å². The normalized spacial score (nSPS) is 16.5. The van der Waals surface area contributed by atoms with E-state index in [1.165, 1.54) is 11.1 Å². The molecule has 1 heterocycles. The van der Waals surface area contributed by atoms with Gasteiger partial charge < -0.3 is 15.7 Å². The second-order valence-electron chi connectivity index (χ2n) is 6.02. The fourth-order valence-electron chi connectivity index (χ4n) is 2.82. The Morgan fingerprint density at radius 3 is 2.82 bits per heavy atom. The molecule has 0 aromatic heterocycles. The van der Waals surface area contributed by atoms with E-state index in [0.717, 1.165) is 32.5 Å². The summed E-state index contributed by atoms with van der Waals surface area (Å²) in [5, 5.41) is 14.5.